The van der Waals surface area contributed by atoms with E-state index in [0.717, 1.165) is 35.2 Å². The smallest absolute Gasteiger partial charge is 0.191 e. The number of anilines is 2. The van der Waals surface area contributed by atoms with Gasteiger partial charge >= 0.3 is 0 Å². The van der Waals surface area contributed by atoms with E-state index in [2.05, 4.69) is 27.5 Å². The van der Waals surface area contributed by atoms with Crippen molar-refractivity contribution in [3.8, 4) is 0 Å². The van der Waals surface area contributed by atoms with Crippen LogP contribution in [0.5, 0.6) is 0 Å². The van der Waals surface area contributed by atoms with Crippen LogP contribution in [0.4, 0.5) is 11.6 Å². The molecule has 1 fully saturated rings. The maximum Gasteiger partial charge on any atom is 0.191 e. The third kappa shape index (κ3) is 2.78. The van der Waals surface area contributed by atoms with Gasteiger partial charge in [0.25, 0.3) is 0 Å². The fraction of sp³-hybridized carbons (Fsp3) is 0.636. The molecule has 1 aliphatic rings. The van der Waals surface area contributed by atoms with Gasteiger partial charge in [-0.25, -0.2) is 9.97 Å². The number of aromatic nitrogens is 2. The lowest BCUT2D eigenvalue weighted by Crippen LogP contribution is -2.08. The first-order valence-corrected chi connectivity index (χ1v) is 6.80. The number of thioether (sulfide) groups is 1. The van der Waals surface area contributed by atoms with Crippen molar-refractivity contribution in [3.05, 3.63) is 6.07 Å². The van der Waals surface area contributed by atoms with Gasteiger partial charge in [-0.05, 0) is 24.5 Å². The number of nitrogens with zero attached hydrogens (tertiary/aromatic N) is 2. The summed E-state index contributed by atoms with van der Waals surface area (Å²) in [5, 5.41) is 7.24. The summed E-state index contributed by atoms with van der Waals surface area (Å²) in [6.07, 6.45) is 3.33. The van der Waals surface area contributed by atoms with Crippen LogP contribution in [0.1, 0.15) is 13.3 Å². The van der Waals surface area contributed by atoms with Gasteiger partial charge in [-0.2, -0.15) is 0 Å². The molecule has 2 atom stereocenters. The normalized spacial score (nSPS) is 22.9. The zero-order valence-electron chi connectivity index (χ0n) is 9.95. The quantitative estimate of drug-likeness (QED) is 0.609. The molecule has 0 aliphatic heterocycles. The van der Waals surface area contributed by atoms with E-state index in [4.69, 9.17) is 0 Å². The van der Waals surface area contributed by atoms with Crippen molar-refractivity contribution < 1.29 is 0 Å². The molecule has 2 rings (SSSR count). The highest BCUT2D eigenvalue weighted by molar-refractivity contribution is 7.98. The average molecular weight is 238 g/mol. The third-order valence-corrected chi connectivity index (χ3v) is 3.51. The van der Waals surface area contributed by atoms with Gasteiger partial charge in [-0.15, -0.1) is 0 Å². The van der Waals surface area contributed by atoms with E-state index in [1.807, 2.05) is 19.4 Å². The van der Waals surface area contributed by atoms with Crippen molar-refractivity contribution in [1.82, 2.24) is 9.97 Å². The molecule has 2 N–H and O–H groups in total. The minimum atomic E-state index is 0.804. The fourth-order valence-electron chi connectivity index (χ4n) is 1.65. The molecule has 88 valence electrons. The Hall–Kier alpha value is -0.970. The van der Waals surface area contributed by atoms with Gasteiger partial charge in [0.05, 0.1) is 0 Å². The molecule has 0 saturated heterocycles. The zero-order valence-corrected chi connectivity index (χ0v) is 10.8. The topological polar surface area (TPSA) is 49.8 Å². The summed E-state index contributed by atoms with van der Waals surface area (Å²) >= 11 is 1.56. The van der Waals surface area contributed by atoms with Crippen LogP contribution in [0, 0.1) is 11.8 Å². The van der Waals surface area contributed by atoms with Crippen LogP contribution in [0.2, 0.25) is 0 Å². The largest absolute Gasteiger partial charge is 0.373 e. The highest BCUT2D eigenvalue weighted by Crippen LogP contribution is 2.37. The van der Waals surface area contributed by atoms with Crippen LogP contribution in [0.15, 0.2) is 11.2 Å². The van der Waals surface area contributed by atoms with Gasteiger partial charge in [0.1, 0.15) is 11.6 Å². The molecule has 1 aromatic rings. The van der Waals surface area contributed by atoms with E-state index in [-0.39, 0.29) is 0 Å². The SMILES string of the molecule is CNc1cc(NCC2CC2C)nc(SC)n1. The Kier molecular flexibility index (Phi) is 3.53. The van der Waals surface area contributed by atoms with Gasteiger partial charge in [-0.3, -0.25) is 0 Å². The monoisotopic (exact) mass is 238 g/mol. The van der Waals surface area contributed by atoms with Gasteiger partial charge < -0.3 is 10.6 Å². The number of rotatable bonds is 5. The molecule has 4 nitrogen and oxygen atoms in total. The van der Waals surface area contributed by atoms with Crippen molar-refractivity contribution in [2.75, 3.05) is 30.5 Å². The van der Waals surface area contributed by atoms with Crippen molar-refractivity contribution in [1.29, 1.82) is 0 Å². The lowest BCUT2D eigenvalue weighted by atomic mass is 10.3. The lowest BCUT2D eigenvalue weighted by molar-refractivity contribution is 0.781. The summed E-state index contributed by atoms with van der Waals surface area (Å²) < 4.78 is 0. The Morgan fingerprint density at radius 3 is 2.69 bits per heavy atom. The second-order valence-electron chi connectivity index (χ2n) is 4.23. The van der Waals surface area contributed by atoms with E-state index in [9.17, 15) is 0 Å². The molecule has 1 aromatic heterocycles. The average Bonchev–Trinajstić information content (AvgIpc) is 3.02. The summed E-state index contributed by atoms with van der Waals surface area (Å²) in [6.45, 7) is 3.31. The minimum absolute atomic E-state index is 0.804. The Labute approximate surface area is 101 Å². The van der Waals surface area contributed by atoms with E-state index < -0.39 is 0 Å². The van der Waals surface area contributed by atoms with Crippen LogP contribution < -0.4 is 10.6 Å². The van der Waals surface area contributed by atoms with E-state index in [1.165, 1.54) is 6.42 Å². The van der Waals surface area contributed by atoms with Gasteiger partial charge in [-0.1, -0.05) is 18.7 Å². The molecule has 1 aliphatic carbocycles. The first-order chi connectivity index (χ1) is 7.72. The Balaban J connectivity index is 2.01. The summed E-state index contributed by atoms with van der Waals surface area (Å²) in [4.78, 5) is 8.75. The van der Waals surface area contributed by atoms with Crippen LogP contribution in [0.25, 0.3) is 0 Å². The second kappa shape index (κ2) is 4.91. The lowest BCUT2D eigenvalue weighted by Gasteiger charge is -2.08. The molecule has 5 heteroatoms. The molecule has 16 heavy (non-hydrogen) atoms. The first kappa shape index (κ1) is 11.5. The summed E-state index contributed by atoms with van der Waals surface area (Å²) in [7, 11) is 1.87. The zero-order chi connectivity index (χ0) is 11.5. The standard InChI is InChI=1S/C11H18N4S/c1-7-4-8(7)6-13-10-5-9(12-2)14-11(15-10)16-3/h5,7-8H,4,6H2,1-3H3,(H2,12,13,14,15). The van der Waals surface area contributed by atoms with E-state index in [1.54, 1.807) is 11.8 Å². The Morgan fingerprint density at radius 1 is 1.44 bits per heavy atom. The molecule has 2 unspecified atom stereocenters. The highest BCUT2D eigenvalue weighted by Gasteiger charge is 2.31. The molecule has 0 spiro atoms. The van der Waals surface area contributed by atoms with E-state index in [0.29, 0.717) is 0 Å². The molecular formula is C11H18N4S. The van der Waals surface area contributed by atoms with Crippen molar-refractivity contribution in [3.63, 3.8) is 0 Å². The molecule has 0 radical (unpaired) electrons. The second-order valence-corrected chi connectivity index (χ2v) is 5.00. The molecule has 0 aromatic carbocycles. The van der Waals surface area contributed by atoms with Crippen LogP contribution in [-0.2, 0) is 0 Å². The maximum absolute atomic E-state index is 4.43. The number of hydrogen-bond donors (Lipinski definition) is 2. The summed E-state index contributed by atoms with van der Waals surface area (Å²) in [5.74, 6) is 3.48. The molecule has 0 bridgehead atoms. The van der Waals surface area contributed by atoms with Crippen LogP contribution in [-0.4, -0.2) is 29.8 Å². The third-order valence-electron chi connectivity index (χ3n) is 2.97. The maximum atomic E-state index is 4.43. The molecule has 0 amide bonds. The first-order valence-electron chi connectivity index (χ1n) is 5.57. The molecule has 1 heterocycles. The van der Waals surface area contributed by atoms with Crippen molar-refractivity contribution in [2.45, 2.75) is 18.5 Å². The minimum Gasteiger partial charge on any atom is -0.373 e. The molecule has 1 saturated carbocycles. The summed E-state index contributed by atoms with van der Waals surface area (Å²) in [6, 6.07) is 1.95. The highest BCUT2D eigenvalue weighted by atomic mass is 32.2. The van der Waals surface area contributed by atoms with Crippen molar-refractivity contribution >= 4 is 23.4 Å². The van der Waals surface area contributed by atoms with Crippen molar-refractivity contribution in [2.24, 2.45) is 11.8 Å². The van der Waals surface area contributed by atoms with Crippen LogP contribution >= 0.6 is 11.8 Å². The number of hydrogen-bond acceptors (Lipinski definition) is 5. The fourth-order valence-corrected chi connectivity index (χ4v) is 2.03. The predicted molar refractivity (Wildman–Crippen MR) is 69.1 cm³/mol. The summed E-state index contributed by atoms with van der Waals surface area (Å²) in [5.41, 5.74) is 0. The number of nitrogens with one attached hydrogen (secondary N) is 2. The van der Waals surface area contributed by atoms with E-state index >= 15 is 0 Å². The predicted octanol–water partition coefficient (Wildman–Crippen LogP) is 2.31. The van der Waals surface area contributed by atoms with Crippen LogP contribution in [0.3, 0.4) is 0 Å². The Bertz CT molecular complexity index is 347. The van der Waals surface area contributed by atoms with Gasteiger partial charge in [0.15, 0.2) is 5.16 Å². The van der Waals surface area contributed by atoms with Gasteiger partial charge in [0, 0.05) is 19.7 Å². The Morgan fingerprint density at radius 2 is 2.12 bits per heavy atom. The molecular weight excluding hydrogens is 220 g/mol. The van der Waals surface area contributed by atoms with Gasteiger partial charge in [0.2, 0.25) is 0 Å².